The Labute approximate surface area is 94.7 Å². The Hall–Kier alpha value is -0.870. The fraction of sp³-hybridized carbons (Fsp3) is 0.600. The first-order valence-corrected chi connectivity index (χ1v) is 5.62. The quantitative estimate of drug-likeness (QED) is 0.851. The van der Waals surface area contributed by atoms with Crippen LogP contribution in [0.1, 0.15) is 13.3 Å². The third kappa shape index (κ3) is 2.79. The van der Waals surface area contributed by atoms with E-state index in [4.69, 9.17) is 11.6 Å². The molecule has 1 fully saturated rings. The molecule has 1 aromatic rings. The van der Waals surface area contributed by atoms with Crippen LogP contribution in [0.4, 0.5) is 5.82 Å². The lowest BCUT2D eigenvalue weighted by molar-refractivity contribution is 0.356. The molecule has 0 saturated carbocycles. The van der Waals surface area contributed by atoms with Gasteiger partial charge in [-0.05, 0) is 13.0 Å². The third-order valence-electron chi connectivity index (χ3n) is 2.68. The molecule has 15 heavy (non-hydrogen) atoms. The highest BCUT2D eigenvalue weighted by Crippen LogP contribution is 2.14. The first-order chi connectivity index (χ1) is 7.28. The molecule has 1 aromatic heterocycles. The van der Waals surface area contributed by atoms with Crippen LogP contribution in [0.15, 0.2) is 12.4 Å². The van der Waals surface area contributed by atoms with Crippen LogP contribution in [-0.2, 0) is 0 Å². The van der Waals surface area contributed by atoms with E-state index in [1.165, 1.54) is 0 Å². The van der Waals surface area contributed by atoms with Crippen molar-refractivity contribution in [1.82, 2.24) is 14.9 Å². The van der Waals surface area contributed by atoms with Crippen molar-refractivity contribution in [2.24, 2.45) is 0 Å². The summed E-state index contributed by atoms with van der Waals surface area (Å²) < 4.78 is 0. The number of anilines is 1. The van der Waals surface area contributed by atoms with Crippen LogP contribution in [0.2, 0.25) is 5.15 Å². The minimum absolute atomic E-state index is 0.436. The molecule has 0 aromatic carbocycles. The molecule has 82 valence electrons. The molecule has 1 aliphatic rings. The Morgan fingerprint density at radius 1 is 1.60 bits per heavy atom. The van der Waals surface area contributed by atoms with E-state index in [1.54, 1.807) is 12.4 Å². The number of rotatable bonds is 3. The molecule has 5 heteroatoms. The summed E-state index contributed by atoms with van der Waals surface area (Å²) in [5.41, 5.74) is 0. The van der Waals surface area contributed by atoms with Gasteiger partial charge in [-0.1, -0.05) is 18.5 Å². The second kappa shape index (κ2) is 4.77. The fourth-order valence-corrected chi connectivity index (χ4v) is 2.01. The van der Waals surface area contributed by atoms with E-state index in [9.17, 15) is 0 Å². The number of likely N-dealkylation sites (tertiary alicyclic amines) is 1. The van der Waals surface area contributed by atoms with Crippen molar-refractivity contribution in [2.75, 3.05) is 25.0 Å². The fourth-order valence-electron chi connectivity index (χ4n) is 1.86. The van der Waals surface area contributed by atoms with E-state index >= 15 is 0 Å². The summed E-state index contributed by atoms with van der Waals surface area (Å²) in [6, 6.07) is 0.470. The number of hydrogen-bond donors (Lipinski definition) is 1. The highest BCUT2D eigenvalue weighted by molar-refractivity contribution is 6.29. The lowest BCUT2D eigenvalue weighted by Gasteiger charge is -2.14. The summed E-state index contributed by atoms with van der Waals surface area (Å²) in [6.07, 6.45) is 4.41. The van der Waals surface area contributed by atoms with Gasteiger partial charge < -0.3 is 10.2 Å². The lowest BCUT2D eigenvalue weighted by Crippen LogP contribution is -2.26. The maximum Gasteiger partial charge on any atom is 0.149 e. The van der Waals surface area contributed by atoms with Gasteiger partial charge in [0.1, 0.15) is 11.0 Å². The van der Waals surface area contributed by atoms with Crippen LogP contribution in [0.3, 0.4) is 0 Å². The van der Waals surface area contributed by atoms with Gasteiger partial charge in [0, 0.05) is 19.1 Å². The summed E-state index contributed by atoms with van der Waals surface area (Å²) in [5, 5.41) is 3.78. The predicted molar refractivity (Wildman–Crippen MR) is 61.2 cm³/mol. The maximum atomic E-state index is 5.76. The number of nitrogens with one attached hydrogen (secondary N) is 1. The van der Waals surface area contributed by atoms with Crippen molar-refractivity contribution in [1.29, 1.82) is 0 Å². The molecule has 2 heterocycles. The van der Waals surface area contributed by atoms with Crippen molar-refractivity contribution in [3.05, 3.63) is 17.5 Å². The molecule has 1 atom stereocenters. The summed E-state index contributed by atoms with van der Waals surface area (Å²) >= 11 is 5.76. The zero-order valence-corrected chi connectivity index (χ0v) is 9.54. The summed E-state index contributed by atoms with van der Waals surface area (Å²) in [5.74, 6) is 0.769. The predicted octanol–water partition coefficient (Wildman–Crippen LogP) is 1.64. The first kappa shape index (κ1) is 10.6. The van der Waals surface area contributed by atoms with Gasteiger partial charge in [-0.3, -0.25) is 4.98 Å². The van der Waals surface area contributed by atoms with Gasteiger partial charge >= 0.3 is 0 Å². The number of halogens is 1. The van der Waals surface area contributed by atoms with Gasteiger partial charge in [0.05, 0.1) is 12.4 Å². The average molecular weight is 227 g/mol. The lowest BCUT2D eigenvalue weighted by atomic mass is 10.3. The molecule has 1 aliphatic heterocycles. The first-order valence-electron chi connectivity index (χ1n) is 5.24. The van der Waals surface area contributed by atoms with Crippen molar-refractivity contribution in [3.8, 4) is 0 Å². The summed E-state index contributed by atoms with van der Waals surface area (Å²) in [6.45, 7) is 5.52. The monoisotopic (exact) mass is 226 g/mol. The van der Waals surface area contributed by atoms with E-state index in [-0.39, 0.29) is 0 Å². The van der Waals surface area contributed by atoms with Crippen molar-refractivity contribution < 1.29 is 0 Å². The minimum Gasteiger partial charge on any atom is -0.365 e. The SMILES string of the molecule is CCN1CCC(Nc2cncc(Cl)n2)C1. The Bertz CT molecular complexity index is 331. The standard InChI is InChI=1S/C10H15ClN4/c1-2-15-4-3-8(7-15)13-10-6-12-5-9(11)14-10/h5-6,8H,2-4,7H2,1H3,(H,13,14). The van der Waals surface area contributed by atoms with Crippen LogP contribution in [0.25, 0.3) is 0 Å². The van der Waals surface area contributed by atoms with E-state index in [1.807, 2.05) is 0 Å². The van der Waals surface area contributed by atoms with Crippen LogP contribution < -0.4 is 5.32 Å². The molecule has 1 saturated heterocycles. The molecule has 1 N–H and O–H groups in total. The Kier molecular flexibility index (Phi) is 3.38. The van der Waals surface area contributed by atoms with Crippen LogP contribution in [0, 0.1) is 0 Å². The van der Waals surface area contributed by atoms with Crippen molar-refractivity contribution in [3.63, 3.8) is 0 Å². The van der Waals surface area contributed by atoms with E-state index in [0.29, 0.717) is 11.2 Å². The Morgan fingerprint density at radius 3 is 3.13 bits per heavy atom. The molecule has 0 amide bonds. The second-order valence-corrected chi connectivity index (χ2v) is 4.14. The molecular weight excluding hydrogens is 212 g/mol. The molecular formula is C10H15ClN4. The van der Waals surface area contributed by atoms with Crippen LogP contribution in [-0.4, -0.2) is 40.5 Å². The highest BCUT2D eigenvalue weighted by Gasteiger charge is 2.20. The molecule has 0 spiro atoms. The topological polar surface area (TPSA) is 41.0 Å². The number of hydrogen-bond acceptors (Lipinski definition) is 4. The average Bonchev–Trinajstić information content (AvgIpc) is 2.65. The third-order valence-corrected chi connectivity index (χ3v) is 2.86. The van der Waals surface area contributed by atoms with Crippen molar-refractivity contribution in [2.45, 2.75) is 19.4 Å². The summed E-state index contributed by atoms with van der Waals surface area (Å²) in [7, 11) is 0. The molecule has 4 nitrogen and oxygen atoms in total. The zero-order chi connectivity index (χ0) is 10.7. The molecule has 2 rings (SSSR count). The van der Waals surface area contributed by atoms with Gasteiger partial charge in [0.15, 0.2) is 0 Å². The molecule has 1 unspecified atom stereocenters. The Balaban J connectivity index is 1.92. The van der Waals surface area contributed by atoms with Gasteiger partial charge in [0.25, 0.3) is 0 Å². The molecule has 0 radical (unpaired) electrons. The largest absolute Gasteiger partial charge is 0.365 e. The summed E-state index contributed by atoms with van der Waals surface area (Å²) in [4.78, 5) is 10.6. The molecule has 0 bridgehead atoms. The molecule has 0 aliphatic carbocycles. The van der Waals surface area contributed by atoms with Gasteiger partial charge in [-0.2, -0.15) is 0 Å². The zero-order valence-electron chi connectivity index (χ0n) is 8.78. The van der Waals surface area contributed by atoms with E-state index in [0.717, 1.165) is 31.9 Å². The maximum absolute atomic E-state index is 5.76. The van der Waals surface area contributed by atoms with Crippen LogP contribution >= 0.6 is 11.6 Å². The number of nitrogens with zero attached hydrogens (tertiary/aromatic N) is 3. The van der Waals surface area contributed by atoms with E-state index in [2.05, 4.69) is 27.1 Å². The highest BCUT2D eigenvalue weighted by atomic mass is 35.5. The van der Waals surface area contributed by atoms with Gasteiger partial charge in [0.2, 0.25) is 0 Å². The second-order valence-electron chi connectivity index (χ2n) is 3.75. The van der Waals surface area contributed by atoms with Gasteiger partial charge in [-0.15, -0.1) is 0 Å². The normalized spacial score (nSPS) is 21.9. The minimum atomic E-state index is 0.436. The smallest absolute Gasteiger partial charge is 0.149 e. The van der Waals surface area contributed by atoms with Gasteiger partial charge in [-0.25, -0.2) is 4.98 Å². The Morgan fingerprint density at radius 2 is 2.47 bits per heavy atom. The van der Waals surface area contributed by atoms with Crippen molar-refractivity contribution >= 4 is 17.4 Å². The number of aromatic nitrogens is 2. The van der Waals surface area contributed by atoms with E-state index < -0.39 is 0 Å². The van der Waals surface area contributed by atoms with Crippen LogP contribution in [0.5, 0.6) is 0 Å². The number of likely N-dealkylation sites (N-methyl/N-ethyl adjacent to an activating group) is 1.